The van der Waals surface area contributed by atoms with Gasteiger partial charge in [-0.3, -0.25) is 4.79 Å². The molecule has 27 heavy (non-hydrogen) atoms. The number of hydrogen-bond donors (Lipinski definition) is 2. The van der Waals surface area contributed by atoms with Gasteiger partial charge in [-0.15, -0.1) is 0 Å². The number of nitrogens with zero attached hydrogens (tertiary/aromatic N) is 1. The molecule has 0 radical (unpaired) electrons. The van der Waals surface area contributed by atoms with Gasteiger partial charge < -0.3 is 14.8 Å². The molecule has 0 saturated heterocycles. The van der Waals surface area contributed by atoms with E-state index in [1.807, 2.05) is 0 Å². The normalized spacial score (nSPS) is 11.3. The van der Waals surface area contributed by atoms with Gasteiger partial charge in [0.1, 0.15) is 0 Å². The number of aliphatic hydroxyl groups is 1. The number of carboxylic acid groups (broad SMARTS) is 1. The first-order valence-electron chi connectivity index (χ1n) is 10.6. The Balaban J connectivity index is 2.12. The molecule has 1 heterocycles. The van der Waals surface area contributed by atoms with E-state index < -0.39 is 5.97 Å². The second kappa shape index (κ2) is 11.8. The van der Waals surface area contributed by atoms with E-state index in [1.165, 1.54) is 47.8 Å². The molecular formula is C23H35NO3. The molecule has 0 aliphatic heterocycles. The molecule has 0 aliphatic carbocycles. The highest BCUT2D eigenvalue weighted by Gasteiger charge is 2.16. The minimum Gasteiger partial charge on any atom is -0.481 e. The number of aliphatic hydroxyl groups excluding tert-OH is 1. The van der Waals surface area contributed by atoms with Crippen LogP contribution in [-0.2, 0) is 24.2 Å². The highest BCUT2D eigenvalue weighted by molar-refractivity contribution is 5.85. The van der Waals surface area contributed by atoms with Crippen LogP contribution in [0, 0.1) is 0 Å². The minimum atomic E-state index is -0.701. The van der Waals surface area contributed by atoms with Crippen molar-refractivity contribution in [2.75, 3.05) is 6.61 Å². The number of fused-ring (bicyclic) bond motifs is 1. The summed E-state index contributed by atoms with van der Waals surface area (Å²) in [5, 5.41) is 19.7. The number of carboxylic acids is 1. The molecule has 0 bridgehead atoms. The fourth-order valence-electron chi connectivity index (χ4n) is 4.00. The van der Waals surface area contributed by atoms with E-state index in [-0.39, 0.29) is 13.0 Å². The third-order valence-electron chi connectivity index (χ3n) is 5.35. The van der Waals surface area contributed by atoms with Crippen molar-refractivity contribution >= 4 is 16.9 Å². The minimum absolute atomic E-state index is 0.152. The Kier molecular flexibility index (Phi) is 9.40. The van der Waals surface area contributed by atoms with Gasteiger partial charge in [0, 0.05) is 29.6 Å². The largest absolute Gasteiger partial charge is 0.481 e. The number of para-hydroxylation sites is 1. The first-order chi connectivity index (χ1) is 13.2. The van der Waals surface area contributed by atoms with Crippen LogP contribution in [0.25, 0.3) is 10.9 Å². The molecule has 4 nitrogen and oxygen atoms in total. The summed E-state index contributed by atoms with van der Waals surface area (Å²) < 4.78 is 2.31. The number of hydrogen-bond acceptors (Lipinski definition) is 2. The molecular weight excluding hydrogens is 338 g/mol. The second-order valence-corrected chi connectivity index (χ2v) is 7.44. The van der Waals surface area contributed by atoms with Gasteiger partial charge in [-0.2, -0.15) is 0 Å². The Morgan fingerprint density at radius 3 is 2.41 bits per heavy atom. The lowest BCUT2D eigenvalue weighted by Crippen LogP contribution is -2.08. The maximum atomic E-state index is 10.6. The van der Waals surface area contributed by atoms with Gasteiger partial charge in [-0.05, 0) is 43.7 Å². The number of aromatic nitrogens is 1. The van der Waals surface area contributed by atoms with Gasteiger partial charge in [-0.1, -0.05) is 57.2 Å². The van der Waals surface area contributed by atoms with E-state index in [2.05, 4.69) is 35.8 Å². The lowest BCUT2D eigenvalue weighted by molar-refractivity contribution is -0.137. The molecule has 0 unspecified atom stereocenters. The Morgan fingerprint density at radius 2 is 1.67 bits per heavy atom. The van der Waals surface area contributed by atoms with Crippen molar-refractivity contribution < 1.29 is 15.0 Å². The average Bonchev–Trinajstić information content (AvgIpc) is 2.95. The molecule has 2 rings (SSSR count). The zero-order chi connectivity index (χ0) is 19.5. The van der Waals surface area contributed by atoms with E-state index in [0.29, 0.717) is 6.54 Å². The highest BCUT2D eigenvalue weighted by Crippen LogP contribution is 2.29. The first kappa shape index (κ1) is 21.5. The topological polar surface area (TPSA) is 62.5 Å². The molecule has 0 saturated carbocycles. The number of aryl methyl sites for hydroxylation is 1. The quantitative estimate of drug-likeness (QED) is 0.440. The zero-order valence-electron chi connectivity index (χ0n) is 16.8. The smallest absolute Gasteiger partial charge is 0.303 e. The zero-order valence-corrected chi connectivity index (χ0v) is 16.8. The first-order valence-corrected chi connectivity index (χ1v) is 10.6. The summed E-state index contributed by atoms with van der Waals surface area (Å²) in [5.74, 6) is -0.701. The summed E-state index contributed by atoms with van der Waals surface area (Å²) in [6.07, 6.45) is 11.3. The number of carbonyl (C=O) groups is 1. The highest BCUT2D eigenvalue weighted by atomic mass is 16.4. The molecule has 2 aromatic rings. The average molecular weight is 374 g/mol. The Morgan fingerprint density at radius 1 is 0.963 bits per heavy atom. The van der Waals surface area contributed by atoms with E-state index in [0.717, 1.165) is 38.5 Å². The Bertz CT molecular complexity index is 705. The summed E-state index contributed by atoms with van der Waals surface area (Å²) in [5.41, 5.74) is 4.07. The van der Waals surface area contributed by atoms with Crippen LogP contribution >= 0.6 is 0 Å². The van der Waals surface area contributed by atoms with Gasteiger partial charge in [0.05, 0.1) is 6.61 Å². The summed E-state index contributed by atoms with van der Waals surface area (Å²) in [7, 11) is 0. The monoisotopic (exact) mass is 373 g/mol. The molecule has 1 aromatic heterocycles. The molecule has 0 spiro atoms. The van der Waals surface area contributed by atoms with Crippen LogP contribution in [0.1, 0.15) is 76.0 Å². The van der Waals surface area contributed by atoms with Crippen LogP contribution in [0.15, 0.2) is 24.3 Å². The maximum Gasteiger partial charge on any atom is 0.303 e. The molecule has 150 valence electrons. The lowest BCUT2D eigenvalue weighted by atomic mass is 10.00. The third-order valence-corrected chi connectivity index (χ3v) is 5.35. The molecule has 0 atom stereocenters. The molecule has 0 aliphatic rings. The second-order valence-electron chi connectivity index (χ2n) is 7.44. The standard InChI is InChI=1S/C23H35NO3/c1-2-3-4-7-12-19-20-13-10-11-15-22(20)24(17-18-25)21(19)14-8-5-6-9-16-23(26)27/h10-11,13,15,25H,2-9,12,14,16-18H2,1H3,(H,26,27). The van der Waals surface area contributed by atoms with Gasteiger partial charge in [0.25, 0.3) is 0 Å². The number of unbranched alkanes of at least 4 members (excludes halogenated alkanes) is 6. The van der Waals surface area contributed by atoms with E-state index >= 15 is 0 Å². The van der Waals surface area contributed by atoms with Crippen LogP contribution in [-0.4, -0.2) is 27.4 Å². The van der Waals surface area contributed by atoms with Gasteiger partial charge in [0.15, 0.2) is 0 Å². The van der Waals surface area contributed by atoms with E-state index in [4.69, 9.17) is 5.11 Å². The van der Waals surface area contributed by atoms with Crippen LogP contribution in [0.2, 0.25) is 0 Å². The van der Waals surface area contributed by atoms with Crippen molar-refractivity contribution in [2.24, 2.45) is 0 Å². The molecule has 0 amide bonds. The van der Waals surface area contributed by atoms with Gasteiger partial charge in [-0.25, -0.2) is 0 Å². The maximum absolute atomic E-state index is 10.6. The Labute approximate surface area is 163 Å². The molecule has 2 N–H and O–H groups in total. The number of rotatable bonds is 14. The van der Waals surface area contributed by atoms with Gasteiger partial charge in [0.2, 0.25) is 0 Å². The molecule has 0 fully saturated rings. The van der Waals surface area contributed by atoms with Crippen LogP contribution < -0.4 is 0 Å². The van der Waals surface area contributed by atoms with E-state index in [9.17, 15) is 9.90 Å². The summed E-state index contributed by atoms with van der Waals surface area (Å²) in [4.78, 5) is 10.6. The third kappa shape index (κ3) is 6.39. The predicted octanol–water partition coefficient (Wildman–Crippen LogP) is 5.33. The van der Waals surface area contributed by atoms with Crippen molar-refractivity contribution in [3.8, 4) is 0 Å². The van der Waals surface area contributed by atoms with Crippen LogP contribution in [0.3, 0.4) is 0 Å². The summed E-state index contributed by atoms with van der Waals surface area (Å²) in [6, 6.07) is 8.56. The predicted molar refractivity (Wildman–Crippen MR) is 111 cm³/mol. The fourth-order valence-corrected chi connectivity index (χ4v) is 4.00. The number of aliphatic carboxylic acids is 1. The fraction of sp³-hybridized carbons (Fsp3) is 0.609. The van der Waals surface area contributed by atoms with Crippen molar-refractivity contribution in [1.82, 2.24) is 4.57 Å². The van der Waals surface area contributed by atoms with Crippen LogP contribution in [0.4, 0.5) is 0 Å². The summed E-state index contributed by atoms with van der Waals surface area (Å²) >= 11 is 0. The Hall–Kier alpha value is -1.81. The van der Waals surface area contributed by atoms with Crippen molar-refractivity contribution in [3.05, 3.63) is 35.5 Å². The van der Waals surface area contributed by atoms with Crippen molar-refractivity contribution in [2.45, 2.75) is 84.1 Å². The molecule has 4 heteroatoms. The van der Waals surface area contributed by atoms with Crippen molar-refractivity contribution in [3.63, 3.8) is 0 Å². The lowest BCUT2D eigenvalue weighted by Gasteiger charge is -2.11. The van der Waals surface area contributed by atoms with E-state index in [1.54, 1.807) is 0 Å². The summed E-state index contributed by atoms with van der Waals surface area (Å²) in [6.45, 7) is 3.03. The molecule has 1 aromatic carbocycles. The number of benzene rings is 1. The van der Waals surface area contributed by atoms with Crippen molar-refractivity contribution in [1.29, 1.82) is 0 Å². The van der Waals surface area contributed by atoms with Gasteiger partial charge >= 0.3 is 5.97 Å². The van der Waals surface area contributed by atoms with Crippen LogP contribution in [0.5, 0.6) is 0 Å². The SMILES string of the molecule is CCCCCCc1c(CCCCCCC(=O)O)n(CCO)c2ccccc12.